The predicted molar refractivity (Wildman–Crippen MR) is 130 cm³/mol. The molecule has 0 spiro atoms. The Morgan fingerprint density at radius 1 is 1.38 bits per heavy atom. The Kier molecular flexibility index (Phi) is 6.10. The Balaban J connectivity index is 1.68. The van der Waals surface area contributed by atoms with E-state index in [0.29, 0.717) is 24.1 Å². The van der Waals surface area contributed by atoms with Gasteiger partial charge in [0.25, 0.3) is 5.91 Å². The fourth-order valence-electron chi connectivity index (χ4n) is 4.55. The van der Waals surface area contributed by atoms with Crippen molar-refractivity contribution < 1.29 is 13.7 Å². The molecule has 1 amide bonds. The highest BCUT2D eigenvalue weighted by Crippen LogP contribution is 2.61. The van der Waals surface area contributed by atoms with Gasteiger partial charge in [-0.1, -0.05) is 16.9 Å². The van der Waals surface area contributed by atoms with E-state index in [2.05, 4.69) is 25.0 Å². The molecule has 1 saturated heterocycles. The molecule has 34 heavy (non-hydrogen) atoms. The van der Waals surface area contributed by atoms with Gasteiger partial charge in [0.15, 0.2) is 0 Å². The molecule has 2 aromatic rings. The van der Waals surface area contributed by atoms with Crippen LogP contribution in [0.3, 0.4) is 0 Å². The molecule has 4 rings (SSSR count). The number of aliphatic imine (C=N–C) groups is 1. The molecular weight excluding hydrogens is 457 g/mol. The molecule has 11 heteroatoms. The third-order valence-corrected chi connectivity index (χ3v) is 10.2. The summed E-state index contributed by atoms with van der Waals surface area (Å²) in [7, 11) is -2.47. The fourth-order valence-corrected chi connectivity index (χ4v) is 7.66. The number of halogens is 1. The molecule has 4 heterocycles. The third-order valence-electron chi connectivity index (χ3n) is 6.59. The number of amidine groups is 1. The largest absolute Gasteiger partial charge is 0.386 e. The van der Waals surface area contributed by atoms with Gasteiger partial charge in [-0.05, 0) is 57.4 Å². The molecule has 2 aliphatic rings. The van der Waals surface area contributed by atoms with Gasteiger partial charge in [0.05, 0.1) is 10.3 Å². The molecule has 3 unspecified atom stereocenters. The van der Waals surface area contributed by atoms with Gasteiger partial charge in [-0.2, -0.15) is 5.26 Å². The van der Waals surface area contributed by atoms with Crippen molar-refractivity contribution in [2.45, 2.75) is 50.3 Å². The van der Waals surface area contributed by atoms with Crippen molar-refractivity contribution in [2.75, 3.05) is 17.6 Å². The maximum absolute atomic E-state index is 15.0. The van der Waals surface area contributed by atoms with E-state index < -0.39 is 32.5 Å². The number of aromatic nitrogens is 2. The van der Waals surface area contributed by atoms with E-state index in [1.165, 1.54) is 18.3 Å². The van der Waals surface area contributed by atoms with Crippen molar-refractivity contribution >= 4 is 28.1 Å². The Bertz CT molecular complexity index is 1230. The van der Waals surface area contributed by atoms with Gasteiger partial charge < -0.3 is 15.6 Å². The standard InChI is InChI=1S/C23H28FN7O2S/c1-14-10-15(11-25)12-27-18(14)20(32)30-17-7-6-16(24)19(29-17)22(2)13-34(33)23(3,21(26)31-22)8-4-5-9-28-34/h6-7,10,12,28,33H,4-5,8-9,13H2,1-3H3,(H2,26,31)(H,29,30,32). The second-order valence-electron chi connectivity index (χ2n) is 9.18. The average molecular weight is 486 g/mol. The summed E-state index contributed by atoms with van der Waals surface area (Å²) < 4.78 is 29.3. The van der Waals surface area contributed by atoms with Crippen LogP contribution >= 0.6 is 10.5 Å². The van der Waals surface area contributed by atoms with Crippen LogP contribution in [0.25, 0.3) is 0 Å². The first kappa shape index (κ1) is 24.1. The van der Waals surface area contributed by atoms with Crippen LogP contribution in [0.2, 0.25) is 0 Å². The summed E-state index contributed by atoms with van der Waals surface area (Å²) in [4.78, 5) is 25.9. The zero-order valence-electron chi connectivity index (χ0n) is 19.4. The smallest absolute Gasteiger partial charge is 0.275 e. The number of amides is 1. The number of aryl methyl sites for hydroxylation is 1. The van der Waals surface area contributed by atoms with Crippen molar-refractivity contribution in [3.8, 4) is 6.07 Å². The Morgan fingerprint density at radius 2 is 2.15 bits per heavy atom. The van der Waals surface area contributed by atoms with Gasteiger partial charge in [-0.25, -0.2) is 14.4 Å². The highest BCUT2D eigenvalue weighted by Gasteiger charge is 2.55. The zero-order chi connectivity index (χ0) is 24.7. The number of carbonyl (C=O) groups excluding carboxylic acids is 1. The highest BCUT2D eigenvalue weighted by atomic mass is 32.3. The van der Waals surface area contributed by atoms with Crippen molar-refractivity contribution in [2.24, 2.45) is 10.7 Å². The molecule has 2 aliphatic heterocycles. The highest BCUT2D eigenvalue weighted by molar-refractivity contribution is 8.29. The summed E-state index contributed by atoms with van der Waals surface area (Å²) >= 11 is 0. The summed E-state index contributed by atoms with van der Waals surface area (Å²) in [5.74, 6) is -0.599. The first-order valence-corrected chi connectivity index (χ1v) is 12.8. The average Bonchev–Trinajstić information content (AvgIpc) is 2.93. The number of nitrogens with zero attached hydrogens (tertiary/aromatic N) is 4. The maximum Gasteiger partial charge on any atom is 0.275 e. The van der Waals surface area contributed by atoms with Crippen molar-refractivity contribution in [3.05, 3.63) is 52.7 Å². The molecule has 0 saturated carbocycles. The monoisotopic (exact) mass is 485 g/mol. The van der Waals surface area contributed by atoms with Crippen LogP contribution in [0.5, 0.6) is 0 Å². The SMILES string of the molecule is Cc1cc(C#N)cnc1C(=O)Nc1ccc(F)c(C2(C)CS3(O)NCCCCC3(C)C(N)=N2)n1. The number of rotatable bonds is 3. The minimum atomic E-state index is -2.47. The number of nitrogens with two attached hydrogens (primary N) is 1. The molecule has 3 atom stereocenters. The lowest BCUT2D eigenvalue weighted by molar-refractivity contribution is 0.102. The summed E-state index contributed by atoms with van der Waals surface area (Å²) in [5.41, 5.74) is 6.17. The number of anilines is 1. The molecule has 0 radical (unpaired) electrons. The molecule has 0 aromatic carbocycles. The lowest BCUT2D eigenvalue weighted by Crippen LogP contribution is -2.57. The molecule has 9 nitrogen and oxygen atoms in total. The van der Waals surface area contributed by atoms with E-state index in [-0.39, 0.29) is 28.8 Å². The quantitative estimate of drug-likeness (QED) is 0.521. The van der Waals surface area contributed by atoms with Crippen LogP contribution in [0.1, 0.15) is 60.4 Å². The minimum Gasteiger partial charge on any atom is -0.386 e. The van der Waals surface area contributed by atoms with Crippen LogP contribution in [-0.4, -0.2) is 43.3 Å². The Hall–Kier alpha value is -3.07. The summed E-state index contributed by atoms with van der Waals surface area (Å²) in [6, 6.07) is 6.10. The number of nitrogens with one attached hydrogen (secondary N) is 2. The van der Waals surface area contributed by atoms with Crippen molar-refractivity contribution in [1.29, 1.82) is 5.26 Å². The van der Waals surface area contributed by atoms with Gasteiger partial charge in [0, 0.05) is 18.5 Å². The Morgan fingerprint density at radius 3 is 2.85 bits per heavy atom. The van der Waals surface area contributed by atoms with E-state index >= 15 is 4.39 Å². The number of fused-ring (bicyclic) bond motifs is 1. The first-order chi connectivity index (χ1) is 16.0. The van der Waals surface area contributed by atoms with Crippen molar-refractivity contribution in [3.63, 3.8) is 0 Å². The molecule has 0 bridgehead atoms. The van der Waals surface area contributed by atoms with E-state index in [1.807, 2.05) is 13.0 Å². The third kappa shape index (κ3) is 4.02. The topological polar surface area (TPSA) is 149 Å². The summed E-state index contributed by atoms with van der Waals surface area (Å²) in [6.07, 6.45) is 3.82. The molecular formula is C23H28FN7O2S. The van der Waals surface area contributed by atoms with Crippen molar-refractivity contribution in [1.82, 2.24) is 14.7 Å². The van der Waals surface area contributed by atoms with E-state index in [0.717, 1.165) is 12.8 Å². The second-order valence-corrected chi connectivity index (χ2v) is 12.1. The molecule has 5 N–H and O–H groups in total. The van der Waals surface area contributed by atoms with Crippen LogP contribution in [0.4, 0.5) is 10.2 Å². The lowest BCUT2D eigenvalue weighted by atomic mass is 9.96. The number of carbonyl (C=O) groups is 1. The van der Waals surface area contributed by atoms with E-state index in [1.54, 1.807) is 19.9 Å². The number of hydrogen-bond donors (Lipinski definition) is 4. The van der Waals surface area contributed by atoms with Crippen LogP contribution in [-0.2, 0) is 5.54 Å². The van der Waals surface area contributed by atoms with Crippen LogP contribution in [0, 0.1) is 24.1 Å². The molecule has 180 valence electrons. The zero-order valence-corrected chi connectivity index (χ0v) is 20.2. The summed E-state index contributed by atoms with van der Waals surface area (Å²) in [5, 5.41) is 11.6. The van der Waals surface area contributed by atoms with Gasteiger partial charge in [-0.15, -0.1) is 0 Å². The molecule has 0 aliphatic carbocycles. The summed E-state index contributed by atoms with van der Waals surface area (Å²) in [6.45, 7) is 5.92. The predicted octanol–water partition coefficient (Wildman–Crippen LogP) is 3.36. The minimum absolute atomic E-state index is 0.00761. The molecule has 1 fully saturated rings. The van der Waals surface area contributed by atoms with E-state index in [9.17, 15) is 9.35 Å². The van der Waals surface area contributed by atoms with Crippen LogP contribution in [0.15, 0.2) is 29.4 Å². The molecule has 2 aromatic heterocycles. The van der Waals surface area contributed by atoms with Gasteiger partial charge in [0.2, 0.25) is 0 Å². The number of hydrogen-bond acceptors (Lipinski definition) is 8. The van der Waals surface area contributed by atoms with Gasteiger partial charge in [0.1, 0.15) is 40.5 Å². The van der Waals surface area contributed by atoms with Gasteiger partial charge in [-0.3, -0.25) is 14.5 Å². The Labute approximate surface area is 199 Å². The van der Waals surface area contributed by atoms with Gasteiger partial charge >= 0.3 is 0 Å². The second kappa shape index (κ2) is 8.61. The fraction of sp³-hybridized carbons (Fsp3) is 0.435. The lowest BCUT2D eigenvalue weighted by Gasteiger charge is -2.54. The normalized spacial score (nSPS) is 30.6. The number of nitriles is 1. The van der Waals surface area contributed by atoms with E-state index in [4.69, 9.17) is 11.0 Å². The van der Waals surface area contributed by atoms with Crippen LogP contribution < -0.4 is 15.8 Å². The first-order valence-electron chi connectivity index (χ1n) is 11.0. The number of pyridine rings is 2. The maximum atomic E-state index is 15.0.